The maximum atomic E-state index is 13.7. The first kappa shape index (κ1) is 26.4. The summed E-state index contributed by atoms with van der Waals surface area (Å²) >= 11 is 1.30. The van der Waals surface area contributed by atoms with E-state index in [2.05, 4.69) is 10.6 Å². The molecule has 0 saturated carbocycles. The first-order valence-corrected chi connectivity index (χ1v) is 13.1. The van der Waals surface area contributed by atoms with Crippen molar-refractivity contribution in [3.63, 3.8) is 0 Å². The first-order chi connectivity index (χ1) is 18.1. The fourth-order valence-electron chi connectivity index (χ4n) is 4.32. The number of hydrogen-bond donors (Lipinski definition) is 2. The highest BCUT2D eigenvalue weighted by molar-refractivity contribution is 7.12. The van der Waals surface area contributed by atoms with Gasteiger partial charge in [0.1, 0.15) is 11.8 Å². The van der Waals surface area contributed by atoms with Gasteiger partial charge in [-0.15, -0.1) is 11.3 Å². The quantitative estimate of drug-likeness (QED) is 0.402. The molecule has 0 spiro atoms. The zero-order chi connectivity index (χ0) is 26.0. The van der Waals surface area contributed by atoms with Crippen molar-refractivity contribution in [1.29, 1.82) is 0 Å². The second-order valence-corrected chi connectivity index (χ2v) is 9.63. The van der Waals surface area contributed by atoms with Crippen LogP contribution in [0.25, 0.3) is 0 Å². The van der Waals surface area contributed by atoms with Gasteiger partial charge in [0.25, 0.3) is 5.91 Å². The second-order valence-electron chi connectivity index (χ2n) is 8.69. The number of benzene rings is 2. The highest BCUT2D eigenvalue weighted by atomic mass is 32.1. The van der Waals surface area contributed by atoms with E-state index in [0.717, 1.165) is 18.4 Å². The standard InChI is InChI=1S/C28H31N3O5S/c1-35-23-13-6-5-11-21(23)19-31(25(32)18-30-27(33)24-14-8-16-37-24)26(20-9-3-2-4-10-20)28(34)29-17-22-12-7-15-36-22/h2-6,8-11,13-14,16,22,26H,7,12,15,17-19H2,1H3,(H,29,34)(H,30,33)/t22-,26+/m0/s1. The van der Waals surface area contributed by atoms with Crippen molar-refractivity contribution >= 4 is 29.1 Å². The zero-order valence-electron chi connectivity index (χ0n) is 20.7. The van der Waals surface area contributed by atoms with E-state index >= 15 is 0 Å². The van der Waals surface area contributed by atoms with Crippen molar-refractivity contribution in [3.05, 3.63) is 88.1 Å². The van der Waals surface area contributed by atoms with Gasteiger partial charge in [0, 0.05) is 18.7 Å². The Hall–Kier alpha value is -3.69. The molecule has 2 heterocycles. The molecule has 1 aromatic heterocycles. The summed E-state index contributed by atoms with van der Waals surface area (Å²) in [6.45, 7) is 0.915. The predicted molar refractivity (Wildman–Crippen MR) is 141 cm³/mol. The molecule has 1 saturated heterocycles. The van der Waals surface area contributed by atoms with Crippen LogP contribution >= 0.6 is 11.3 Å². The number of amides is 3. The van der Waals surface area contributed by atoms with Gasteiger partial charge in [-0.25, -0.2) is 0 Å². The minimum absolute atomic E-state index is 0.0381. The number of carbonyl (C=O) groups excluding carboxylic acids is 3. The van der Waals surface area contributed by atoms with E-state index in [9.17, 15) is 14.4 Å². The summed E-state index contributed by atoms with van der Waals surface area (Å²) in [6, 6.07) is 19.1. The molecule has 0 radical (unpaired) electrons. The van der Waals surface area contributed by atoms with Crippen LogP contribution in [-0.2, 0) is 20.9 Å². The Morgan fingerprint density at radius 1 is 1.05 bits per heavy atom. The summed E-state index contributed by atoms with van der Waals surface area (Å²) in [5.41, 5.74) is 1.41. The third kappa shape index (κ3) is 6.96. The molecule has 2 aromatic carbocycles. The van der Waals surface area contributed by atoms with Crippen molar-refractivity contribution in [2.45, 2.75) is 31.5 Å². The van der Waals surface area contributed by atoms with Gasteiger partial charge in [-0.2, -0.15) is 0 Å². The molecule has 194 valence electrons. The predicted octanol–water partition coefficient (Wildman–Crippen LogP) is 3.55. The van der Waals surface area contributed by atoms with E-state index in [0.29, 0.717) is 29.3 Å². The molecule has 1 aliphatic heterocycles. The van der Waals surface area contributed by atoms with Crippen LogP contribution in [0.15, 0.2) is 72.1 Å². The van der Waals surface area contributed by atoms with Gasteiger partial charge in [-0.05, 0) is 35.9 Å². The Morgan fingerprint density at radius 2 is 1.84 bits per heavy atom. The van der Waals surface area contributed by atoms with E-state index in [4.69, 9.17) is 9.47 Å². The largest absolute Gasteiger partial charge is 0.496 e. The van der Waals surface area contributed by atoms with Crippen LogP contribution in [0.5, 0.6) is 5.75 Å². The number of rotatable bonds is 11. The van der Waals surface area contributed by atoms with Crippen molar-refractivity contribution in [3.8, 4) is 5.75 Å². The van der Waals surface area contributed by atoms with Crippen molar-refractivity contribution < 1.29 is 23.9 Å². The van der Waals surface area contributed by atoms with Crippen LogP contribution in [-0.4, -0.2) is 55.5 Å². The topological polar surface area (TPSA) is 97.0 Å². The molecule has 0 bridgehead atoms. The maximum Gasteiger partial charge on any atom is 0.261 e. The summed E-state index contributed by atoms with van der Waals surface area (Å²) in [5, 5.41) is 7.48. The van der Waals surface area contributed by atoms with E-state index in [1.807, 2.05) is 54.6 Å². The number of carbonyl (C=O) groups is 3. The number of methoxy groups -OCH3 is 1. The molecular weight excluding hydrogens is 490 g/mol. The Balaban J connectivity index is 1.62. The molecule has 3 amide bonds. The fraction of sp³-hybridized carbons (Fsp3) is 0.321. The van der Waals surface area contributed by atoms with Crippen LogP contribution in [0.2, 0.25) is 0 Å². The third-order valence-electron chi connectivity index (χ3n) is 6.20. The van der Waals surface area contributed by atoms with Gasteiger partial charge in [-0.1, -0.05) is 54.6 Å². The molecule has 1 aliphatic rings. The van der Waals surface area contributed by atoms with E-state index in [1.165, 1.54) is 16.2 Å². The smallest absolute Gasteiger partial charge is 0.261 e. The highest BCUT2D eigenvalue weighted by Crippen LogP contribution is 2.27. The summed E-state index contributed by atoms with van der Waals surface area (Å²) in [5.74, 6) is -0.430. The molecule has 0 aliphatic carbocycles. The van der Waals surface area contributed by atoms with Crippen LogP contribution < -0.4 is 15.4 Å². The molecule has 4 rings (SSSR count). The van der Waals surface area contributed by atoms with Gasteiger partial charge < -0.3 is 25.0 Å². The van der Waals surface area contributed by atoms with Gasteiger partial charge in [0.05, 0.1) is 31.2 Å². The molecule has 2 N–H and O–H groups in total. The van der Waals surface area contributed by atoms with Crippen LogP contribution in [0.1, 0.15) is 39.7 Å². The molecule has 9 heteroatoms. The maximum absolute atomic E-state index is 13.7. The molecule has 3 aromatic rings. The molecule has 8 nitrogen and oxygen atoms in total. The lowest BCUT2D eigenvalue weighted by atomic mass is 10.0. The zero-order valence-corrected chi connectivity index (χ0v) is 21.5. The number of ether oxygens (including phenoxy) is 2. The van der Waals surface area contributed by atoms with Gasteiger partial charge >= 0.3 is 0 Å². The lowest BCUT2D eigenvalue weighted by molar-refractivity contribution is -0.141. The van der Waals surface area contributed by atoms with Crippen molar-refractivity contribution in [1.82, 2.24) is 15.5 Å². The molecule has 1 fully saturated rings. The lowest BCUT2D eigenvalue weighted by Gasteiger charge is -2.32. The number of hydrogen-bond acceptors (Lipinski definition) is 6. The monoisotopic (exact) mass is 521 g/mol. The number of para-hydroxylation sites is 1. The Kier molecular flexibility index (Phi) is 9.29. The average Bonchev–Trinajstić information content (AvgIpc) is 3.66. The Morgan fingerprint density at radius 3 is 2.54 bits per heavy atom. The van der Waals surface area contributed by atoms with Crippen molar-refractivity contribution in [2.24, 2.45) is 0 Å². The lowest BCUT2D eigenvalue weighted by Crippen LogP contribution is -2.48. The van der Waals surface area contributed by atoms with Crippen LogP contribution in [0.3, 0.4) is 0 Å². The molecular formula is C28H31N3O5S. The van der Waals surface area contributed by atoms with Crippen molar-refractivity contribution in [2.75, 3.05) is 26.8 Å². The first-order valence-electron chi connectivity index (χ1n) is 12.2. The third-order valence-corrected chi connectivity index (χ3v) is 7.07. The Bertz CT molecular complexity index is 1180. The minimum Gasteiger partial charge on any atom is -0.496 e. The molecule has 2 atom stereocenters. The van der Waals surface area contributed by atoms with Gasteiger partial charge in [0.2, 0.25) is 11.8 Å². The van der Waals surface area contributed by atoms with Gasteiger partial charge in [-0.3, -0.25) is 14.4 Å². The van der Waals surface area contributed by atoms with E-state index < -0.39 is 11.9 Å². The number of nitrogens with one attached hydrogen (secondary N) is 2. The SMILES string of the molecule is COc1ccccc1CN(C(=O)CNC(=O)c1cccs1)[C@@H](C(=O)NC[C@@H]1CCCO1)c1ccccc1. The van der Waals surface area contributed by atoms with Crippen LogP contribution in [0.4, 0.5) is 0 Å². The second kappa shape index (κ2) is 13.0. The van der Waals surface area contributed by atoms with E-state index in [1.54, 1.807) is 24.6 Å². The summed E-state index contributed by atoms with van der Waals surface area (Å²) in [4.78, 5) is 41.8. The summed E-state index contributed by atoms with van der Waals surface area (Å²) < 4.78 is 11.2. The summed E-state index contributed by atoms with van der Waals surface area (Å²) in [7, 11) is 1.56. The highest BCUT2D eigenvalue weighted by Gasteiger charge is 2.33. The molecule has 37 heavy (non-hydrogen) atoms. The van der Waals surface area contributed by atoms with Crippen LogP contribution in [0, 0.1) is 0 Å². The fourth-order valence-corrected chi connectivity index (χ4v) is 4.96. The number of nitrogens with zero attached hydrogens (tertiary/aromatic N) is 1. The average molecular weight is 522 g/mol. The normalized spacial score (nSPS) is 15.5. The Labute approximate surface area is 220 Å². The van der Waals surface area contributed by atoms with E-state index in [-0.39, 0.29) is 31.0 Å². The number of thiophene rings is 1. The molecule has 0 unspecified atom stereocenters. The van der Waals surface area contributed by atoms with Gasteiger partial charge in [0.15, 0.2) is 0 Å². The minimum atomic E-state index is -0.918. The summed E-state index contributed by atoms with van der Waals surface area (Å²) in [6.07, 6.45) is 1.81.